The summed E-state index contributed by atoms with van der Waals surface area (Å²) >= 11 is 0. The van der Waals surface area contributed by atoms with E-state index in [9.17, 15) is 19.8 Å². The normalized spacial score (nSPS) is 17.9. The lowest BCUT2D eigenvalue weighted by atomic mass is 9.78. The molecule has 2 aliphatic rings. The number of aromatic amines is 1. The van der Waals surface area contributed by atoms with Crippen LogP contribution in [-0.2, 0) is 9.47 Å². The highest BCUT2D eigenvalue weighted by Crippen LogP contribution is 2.60. The molecule has 5 aromatic rings. The summed E-state index contributed by atoms with van der Waals surface area (Å²) in [6, 6.07) is 8.35. The number of fused-ring (bicyclic) bond motifs is 6. The molecule has 1 aliphatic heterocycles. The monoisotopic (exact) mass is 515 g/mol. The van der Waals surface area contributed by atoms with Crippen LogP contribution >= 0.6 is 0 Å². The number of nitrogens with one attached hydrogen (secondary N) is 1. The average Bonchev–Trinajstić information content (AvgIpc) is 2.90. The highest BCUT2D eigenvalue weighted by Gasteiger charge is 2.45. The number of phenols is 2. The number of ether oxygens (including phenoxy) is 4. The van der Waals surface area contributed by atoms with Gasteiger partial charge in [-0.05, 0) is 42.1 Å². The molecule has 0 amide bonds. The summed E-state index contributed by atoms with van der Waals surface area (Å²) < 4.78 is 29.2. The summed E-state index contributed by atoms with van der Waals surface area (Å²) in [6.07, 6.45) is -1.49. The molecule has 7 rings (SSSR count). The molecule has 10 heteroatoms. The number of aryl methyl sites for hydroxylation is 1. The van der Waals surface area contributed by atoms with Gasteiger partial charge in [0.15, 0.2) is 29.5 Å². The second kappa shape index (κ2) is 7.73. The maximum atomic E-state index is 13.7. The predicted molar refractivity (Wildman–Crippen MR) is 137 cm³/mol. The number of para-hydroxylation sites is 1. The van der Waals surface area contributed by atoms with Crippen LogP contribution in [0.25, 0.3) is 43.8 Å². The van der Waals surface area contributed by atoms with Gasteiger partial charge < -0.3 is 38.6 Å². The molecule has 3 heterocycles. The van der Waals surface area contributed by atoms with Crippen molar-refractivity contribution in [1.29, 1.82) is 0 Å². The Bertz CT molecular complexity index is 1970. The number of methoxy groups -OCH3 is 2. The van der Waals surface area contributed by atoms with Gasteiger partial charge in [0.25, 0.3) is 5.56 Å². The highest BCUT2D eigenvalue weighted by atomic mass is 16.7. The Hall–Kier alpha value is -4.54. The highest BCUT2D eigenvalue weighted by molar-refractivity contribution is 6.07. The van der Waals surface area contributed by atoms with E-state index in [4.69, 9.17) is 23.4 Å². The van der Waals surface area contributed by atoms with Crippen LogP contribution in [0.4, 0.5) is 0 Å². The molecule has 1 aliphatic carbocycles. The number of hydrogen-bond acceptors (Lipinski definition) is 9. The van der Waals surface area contributed by atoms with E-state index < -0.39 is 28.9 Å². The number of rotatable bonds is 2. The minimum absolute atomic E-state index is 0.0172. The number of hydrogen-bond donors (Lipinski definition) is 3. The van der Waals surface area contributed by atoms with E-state index in [0.29, 0.717) is 28.0 Å². The number of benzene rings is 3. The number of pyridine rings is 1. The average molecular weight is 515 g/mol. The molecule has 0 fully saturated rings. The molecule has 3 aromatic carbocycles. The van der Waals surface area contributed by atoms with Crippen molar-refractivity contribution >= 4 is 32.7 Å². The standard InChI is InChI=1S/C28H21NO9/c1-10-7-11-8-13-16(21(31)15(11)28(33)29-10)17-18-25(24(13)35-3)36-9-37-26(18)27-19(22(17)32)20(30)12-5-4-6-14(34-2)23(12)38-27/h4-8,24-25,31-32H,9H2,1-3H3,(H,29,33). The Morgan fingerprint density at radius 1 is 1.03 bits per heavy atom. The Labute approximate surface area is 213 Å². The van der Waals surface area contributed by atoms with Crippen LogP contribution < -0.4 is 20.5 Å². The van der Waals surface area contributed by atoms with E-state index in [2.05, 4.69) is 4.98 Å². The zero-order valence-corrected chi connectivity index (χ0v) is 20.5. The first-order chi connectivity index (χ1) is 18.3. The summed E-state index contributed by atoms with van der Waals surface area (Å²) in [7, 11) is 2.96. The first kappa shape index (κ1) is 22.6. The Balaban J connectivity index is 1.72. The molecule has 192 valence electrons. The quantitative estimate of drug-likeness (QED) is 0.294. The molecule has 0 spiro atoms. The first-order valence-corrected chi connectivity index (χ1v) is 11.8. The predicted octanol–water partition coefficient (Wildman–Crippen LogP) is 4.29. The first-order valence-electron chi connectivity index (χ1n) is 11.8. The van der Waals surface area contributed by atoms with Crippen LogP contribution in [-0.4, -0.2) is 36.2 Å². The molecule has 3 N–H and O–H groups in total. The zero-order valence-electron chi connectivity index (χ0n) is 20.5. The van der Waals surface area contributed by atoms with Gasteiger partial charge in [-0.2, -0.15) is 0 Å². The van der Waals surface area contributed by atoms with Crippen LogP contribution in [0.15, 0.2) is 44.3 Å². The summed E-state index contributed by atoms with van der Waals surface area (Å²) in [6.45, 7) is 1.57. The van der Waals surface area contributed by atoms with Crippen molar-refractivity contribution in [1.82, 2.24) is 4.98 Å². The largest absolute Gasteiger partial charge is 0.506 e. The molecule has 10 nitrogen and oxygen atoms in total. The van der Waals surface area contributed by atoms with Gasteiger partial charge in [-0.3, -0.25) is 9.59 Å². The van der Waals surface area contributed by atoms with Gasteiger partial charge in [-0.1, -0.05) is 6.07 Å². The Kier molecular flexibility index (Phi) is 4.61. The van der Waals surface area contributed by atoms with E-state index in [1.165, 1.54) is 14.2 Å². The Morgan fingerprint density at radius 2 is 1.82 bits per heavy atom. The molecule has 2 aromatic heterocycles. The lowest BCUT2D eigenvalue weighted by molar-refractivity contribution is -0.121. The summed E-state index contributed by atoms with van der Waals surface area (Å²) in [4.78, 5) is 29.3. The second-order valence-electron chi connectivity index (χ2n) is 9.38. The van der Waals surface area contributed by atoms with Gasteiger partial charge in [-0.15, -0.1) is 0 Å². The number of phenolic OH excluding ortho intramolecular Hbond substituents is 2. The van der Waals surface area contributed by atoms with Crippen molar-refractivity contribution in [3.8, 4) is 34.1 Å². The minimum atomic E-state index is -0.764. The van der Waals surface area contributed by atoms with Crippen molar-refractivity contribution in [2.75, 3.05) is 21.0 Å². The lowest BCUT2D eigenvalue weighted by Gasteiger charge is -2.38. The Morgan fingerprint density at radius 3 is 2.58 bits per heavy atom. The molecule has 2 atom stereocenters. The van der Waals surface area contributed by atoms with Crippen LogP contribution in [0, 0.1) is 6.92 Å². The zero-order chi connectivity index (χ0) is 26.5. The van der Waals surface area contributed by atoms with Crippen LogP contribution in [0.2, 0.25) is 0 Å². The third-order valence-electron chi connectivity index (χ3n) is 7.39. The van der Waals surface area contributed by atoms with Crippen LogP contribution in [0.5, 0.6) is 23.0 Å². The van der Waals surface area contributed by atoms with E-state index in [1.807, 2.05) is 0 Å². The fraction of sp³-hybridized carbons (Fsp3) is 0.214. The summed E-state index contributed by atoms with van der Waals surface area (Å²) in [5.41, 5.74) is 0.951. The van der Waals surface area contributed by atoms with Gasteiger partial charge in [0.05, 0.1) is 17.9 Å². The van der Waals surface area contributed by atoms with Gasteiger partial charge in [0.1, 0.15) is 29.1 Å². The summed E-state index contributed by atoms with van der Waals surface area (Å²) in [5, 5.41) is 23.8. The van der Waals surface area contributed by atoms with Gasteiger partial charge in [-0.25, -0.2) is 0 Å². The van der Waals surface area contributed by atoms with Crippen molar-refractivity contribution in [2.45, 2.75) is 19.1 Å². The SMILES string of the molecule is COc1cccc2c(=O)c3c(O)c4c5c(c3oc12)OCOC5C(OC)c1cc2cc(C)[nH]c(=O)c2c(O)c1-4. The van der Waals surface area contributed by atoms with E-state index in [-0.39, 0.29) is 56.7 Å². The van der Waals surface area contributed by atoms with Crippen molar-refractivity contribution in [3.05, 3.63) is 67.7 Å². The maximum absolute atomic E-state index is 13.7. The summed E-state index contributed by atoms with van der Waals surface area (Å²) in [5.74, 6) is -0.258. The van der Waals surface area contributed by atoms with Crippen molar-refractivity contribution < 1.29 is 33.6 Å². The number of aromatic nitrogens is 1. The number of H-pyrrole nitrogens is 1. The molecule has 2 unspecified atom stereocenters. The molecule has 0 radical (unpaired) electrons. The molecular weight excluding hydrogens is 494 g/mol. The second-order valence-corrected chi connectivity index (χ2v) is 9.38. The van der Waals surface area contributed by atoms with Gasteiger partial charge >= 0.3 is 0 Å². The van der Waals surface area contributed by atoms with Crippen LogP contribution in [0.1, 0.15) is 29.0 Å². The molecule has 0 saturated carbocycles. The third kappa shape index (κ3) is 2.73. The fourth-order valence-corrected chi connectivity index (χ4v) is 5.85. The molecule has 0 bridgehead atoms. The molecule has 0 saturated heterocycles. The van der Waals surface area contributed by atoms with Crippen molar-refractivity contribution in [2.24, 2.45) is 0 Å². The topological polar surface area (TPSA) is 140 Å². The fourth-order valence-electron chi connectivity index (χ4n) is 5.85. The van der Waals surface area contributed by atoms with E-state index in [0.717, 1.165) is 0 Å². The van der Waals surface area contributed by atoms with E-state index in [1.54, 1.807) is 37.3 Å². The van der Waals surface area contributed by atoms with E-state index >= 15 is 0 Å². The van der Waals surface area contributed by atoms with Gasteiger partial charge in [0, 0.05) is 29.5 Å². The minimum Gasteiger partial charge on any atom is -0.506 e. The smallest absolute Gasteiger partial charge is 0.259 e. The van der Waals surface area contributed by atoms with Gasteiger partial charge in [0.2, 0.25) is 5.43 Å². The third-order valence-corrected chi connectivity index (χ3v) is 7.39. The van der Waals surface area contributed by atoms with Crippen LogP contribution in [0.3, 0.4) is 0 Å². The van der Waals surface area contributed by atoms with Crippen molar-refractivity contribution in [3.63, 3.8) is 0 Å². The number of aromatic hydroxyl groups is 2. The maximum Gasteiger partial charge on any atom is 0.259 e. The molecular formula is C28H21NO9. The lowest BCUT2D eigenvalue weighted by Crippen LogP contribution is -2.28. The molecule has 38 heavy (non-hydrogen) atoms.